The highest BCUT2D eigenvalue weighted by molar-refractivity contribution is 9.10. The zero-order valence-corrected chi connectivity index (χ0v) is 13.7. The van der Waals surface area contributed by atoms with Gasteiger partial charge >= 0.3 is 0 Å². The van der Waals surface area contributed by atoms with E-state index in [0.717, 1.165) is 34.4 Å². The fourth-order valence-electron chi connectivity index (χ4n) is 2.83. The van der Waals surface area contributed by atoms with Crippen LogP contribution in [-0.2, 0) is 11.2 Å². The van der Waals surface area contributed by atoms with Crippen LogP contribution in [0.2, 0.25) is 0 Å². The maximum Gasteiger partial charge on any atom is 0.225 e. The third-order valence-electron chi connectivity index (χ3n) is 3.89. The van der Waals surface area contributed by atoms with E-state index in [9.17, 15) is 4.79 Å². The second-order valence-corrected chi connectivity index (χ2v) is 6.57. The van der Waals surface area contributed by atoms with Crippen molar-refractivity contribution in [3.05, 3.63) is 52.0 Å². The molecule has 5 heteroatoms. The van der Waals surface area contributed by atoms with E-state index in [0.29, 0.717) is 0 Å². The first-order valence-corrected chi connectivity index (χ1v) is 7.95. The summed E-state index contributed by atoms with van der Waals surface area (Å²) in [4.78, 5) is 22.2. The molecule has 0 bridgehead atoms. The van der Waals surface area contributed by atoms with Crippen LogP contribution >= 0.6 is 15.9 Å². The smallest absolute Gasteiger partial charge is 0.225 e. The Bertz CT molecular complexity index is 648. The number of hydrogen-bond donors (Lipinski definition) is 1. The zero-order chi connectivity index (χ0) is 15.0. The van der Waals surface area contributed by atoms with Crippen LogP contribution in [0.1, 0.15) is 36.8 Å². The summed E-state index contributed by atoms with van der Waals surface area (Å²) in [5, 5.41) is 0. The minimum atomic E-state index is -0.0944. The van der Waals surface area contributed by atoms with Crippen molar-refractivity contribution < 1.29 is 4.79 Å². The van der Waals surface area contributed by atoms with E-state index in [1.54, 1.807) is 6.33 Å². The summed E-state index contributed by atoms with van der Waals surface area (Å²) < 4.78 is 1.03. The molecule has 1 aromatic heterocycles. The number of H-pyrrole nitrogens is 1. The second-order valence-electron chi connectivity index (χ2n) is 5.66. The number of nitrogens with zero attached hydrogens (tertiary/aromatic N) is 2. The van der Waals surface area contributed by atoms with Crippen LogP contribution in [0.25, 0.3) is 0 Å². The molecule has 0 saturated heterocycles. The van der Waals surface area contributed by atoms with E-state index in [-0.39, 0.29) is 17.9 Å². The van der Waals surface area contributed by atoms with E-state index in [1.165, 1.54) is 0 Å². The molecule has 4 nitrogen and oxygen atoms in total. The van der Waals surface area contributed by atoms with Gasteiger partial charge in [0.05, 0.1) is 12.0 Å². The Morgan fingerprint density at radius 3 is 2.76 bits per heavy atom. The molecule has 2 aromatic rings. The molecule has 1 amide bonds. The molecule has 1 aliphatic rings. The van der Waals surface area contributed by atoms with Gasteiger partial charge in [0, 0.05) is 29.1 Å². The first-order valence-electron chi connectivity index (χ1n) is 7.16. The van der Waals surface area contributed by atoms with Crippen LogP contribution in [0.15, 0.2) is 35.1 Å². The Morgan fingerprint density at radius 2 is 2.10 bits per heavy atom. The summed E-state index contributed by atoms with van der Waals surface area (Å²) in [6.45, 7) is 4.62. The summed E-state index contributed by atoms with van der Waals surface area (Å²) in [6.07, 6.45) is 2.56. The number of fused-ring (bicyclic) bond motifs is 1. The molecule has 2 heterocycles. The van der Waals surface area contributed by atoms with Gasteiger partial charge in [0.15, 0.2) is 0 Å². The Labute approximate surface area is 132 Å². The van der Waals surface area contributed by atoms with Crippen LogP contribution in [0.3, 0.4) is 0 Å². The number of imidazole rings is 1. The fraction of sp³-hybridized carbons (Fsp3) is 0.375. The van der Waals surface area contributed by atoms with Gasteiger partial charge in [-0.15, -0.1) is 0 Å². The Hall–Kier alpha value is -1.62. The van der Waals surface area contributed by atoms with Crippen LogP contribution in [0.5, 0.6) is 0 Å². The Kier molecular flexibility index (Phi) is 3.85. The second kappa shape index (κ2) is 5.64. The number of aromatic nitrogens is 2. The van der Waals surface area contributed by atoms with Crippen molar-refractivity contribution in [1.29, 1.82) is 0 Å². The number of benzene rings is 1. The lowest BCUT2D eigenvalue weighted by Gasteiger charge is -2.36. The molecule has 21 heavy (non-hydrogen) atoms. The Morgan fingerprint density at radius 1 is 1.38 bits per heavy atom. The average Bonchev–Trinajstić information content (AvgIpc) is 2.94. The molecular formula is C16H18BrN3O. The van der Waals surface area contributed by atoms with Crippen LogP contribution in [-0.4, -0.2) is 27.3 Å². The monoisotopic (exact) mass is 347 g/mol. The zero-order valence-electron chi connectivity index (χ0n) is 12.1. The summed E-state index contributed by atoms with van der Waals surface area (Å²) in [5.41, 5.74) is 3.20. The Balaban J connectivity index is 2.06. The highest BCUT2D eigenvalue weighted by atomic mass is 79.9. The average molecular weight is 348 g/mol. The van der Waals surface area contributed by atoms with Gasteiger partial charge in [-0.05, 0) is 17.7 Å². The van der Waals surface area contributed by atoms with Crippen molar-refractivity contribution in [1.82, 2.24) is 14.9 Å². The van der Waals surface area contributed by atoms with Gasteiger partial charge < -0.3 is 9.88 Å². The van der Waals surface area contributed by atoms with Crippen molar-refractivity contribution >= 4 is 21.8 Å². The minimum absolute atomic E-state index is 0.0107. The van der Waals surface area contributed by atoms with Crippen molar-refractivity contribution in [3.8, 4) is 0 Å². The van der Waals surface area contributed by atoms with Crippen molar-refractivity contribution in [2.75, 3.05) is 6.54 Å². The number of hydrogen-bond acceptors (Lipinski definition) is 2. The van der Waals surface area contributed by atoms with E-state index < -0.39 is 0 Å². The molecule has 0 radical (unpaired) electrons. The number of amides is 1. The molecule has 1 aliphatic heterocycles. The maximum absolute atomic E-state index is 12.6. The van der Waals surface area contributed by atoms with Gasteiger partial charge in [0.25, 0.3) is 0 Å². The number of rotatable bonds is 2. The topological polar surface area (TPSA) is 49.0 Å². The summed E-state index contributed by atoms with van der Waals surface area (Å²) in [7, 11) is 0. The van der Waals surface area contributed by atoms with Gasteiger partial charge in [0.2, 0.25) is 5.91 Å². The summed E-state index contributed by atoms with van der Waals surface area (Å²) >= 11 is 3.46. The lowest BCUT2D eigenvalue weighted by Crippen LogP contribution is -2.42. The normalized spacial score (nSPS) is 17.9. The molecular weight excluding hydrogens is 330 g/mol. The molecule has 0 aliphatic carbocycles. The number of carbonyl (C=O) groups is 1. The first-order chi connectivity index (χ1) is 10.1. The van der Waals surface area contributed by atoms with E-state index in [4.69, 9.17) is 0 Å². The van der Waals surface area contributed by atoms with Crippen molar-refractivity contribution in [2.45, 2.75) is 26.3 Å². The molecule has 0 fully saturated rings. The highest BCUT2D eigenvalue weighted by Gasteiger charge is 2.34. The predicted octanol–water partition coefficient (Wildman–Crippen LogP) is 3.30. The van der Waals surface area contributed by atoms with Crippen LogP contribution in [0.4, 0.5) is 0 Å². The molecule has 3 rings (SSSR count). The van der Waals surface area contributed by atoms with E-state index in [1.807, 2.05) is 30.9 Å². The van der Waals surface area contributed by atoms with Gasteiger partial charge in [0.1, 0.15) is 6.04 Å². The number of halogens is 1. The minimum Gasteiger partial charge on any atom is -0.348 e. The van der Waals surface area contributed by atoms with Crippen LogP contribution in [0, 0.1) is 5.92 Å². The van der Waals surface area contributed by atoms with Gasteiger partial charge in [-0.1, -0.05) is 41.9 Å². The lowest BCUT2D eigenvalue weighted by atomic mass is 9.94. The molecule has 1 aromatic carbocycles. The first kappa shape index (κ1) is 14.3. The van der Waals surface area contributed by atoms with Gasteiger partial charge in [-0.2, -0.15) is 0 Å². The van der Waals surface area contributed by atoms with Crippen molar-refractivity contribution in [2.24, 2.45) is 5.92 Å². The standard InChI is InChI=1S/C16H18BrN3O/c1-10(2)16(21)20-8-7-13-14(19-9-18-13)15(20)11-3-5-12(17)6-4-11/h3-6,9-10,15H,7-8H2,1-2H3,(H,18,19)/t15-/m1/s1. The van der Waals surface area contributed by atoms with E-state index in [2.05, 4.69) is 38.0 Å². The number of aromatic amines is 1. The SMILES string of the molecule is CC(C)C(=O)N1CCc2[nH]cnc2[C@H]1c1ccc(Br)cc1. The summed E-state index contributed by atoms with van der Waals surface area (Å²) in [6, 6.07) is 8.03. The molecule has 0 spiro atoms. The third kappa shape index (κ3) is 2.62. The maximum atomic E-state index is 12.6. The van der Waals surface area contributed by atoms with Gasteiger partial charge in [-0.25, -0.2) is 4.98 Å². The highest BCUT2D eigenvalue weighted by Crippen LogP contribution is 2.34. The molecule has 110 valence electrons. The quantitative estimate of drug-likeness (QED) is 0.905. The molecule has 1 atom stereocenters. The largest absolute Gasteiger partial charge is 0.348 e. The van der Waals surface area contributed by atoms with Gasteiger partial charge in [-0.3, -0.25) is 4.79 Å². The number of carbonyl (C=O) groups excluding carboxylic acids is 1. The molecule has 0 unspecified atom stereocenters. The lowest BCUT2D eigenvalue weighted by molar-refractivity contribution is -0.136. The third-order valence-corrected chi connectivity index (χ3v) is 4.42. The summed E-state index contributed by atoms with van der Waals surface area (Å²) in [5.74, 6) is 0.167. The molecule has 0 saturated carbocycles. The predicted molar refractivity (Wildman–Crippen MR) is 84.8 cm³/mol. The van der Waals surface area contributed by atoms with Crippen LogP contribution < -0.4 is 0 Å². The number of nitrogens with one attached hydrogen (secondary N) is 1. The van der Waals surface area contributed by atoms with E-state index >= 15 is 0 Å². The fourth-order valence-corrected chi connectivity index (χ4v) is 3.09. The van der Waals surface area contributed by atoms with Crippen molar-refractivity contribution in [3.63, 3.8) is 0 Å². The molecule has 1 N–H and O–H groups in total.